The summed E-state index contributed by atoms with van der Waals surface area (Å²) in [5, 5.41) is 3.58. The highest BCUT2D eigenvalue weighted by Crippen LogP contribution is 2.03. The Morgan fingerprint density at radius 1 is 0.958 bits per heavy atom. The van der Waals surface area contributed by atoms with Crippen molar-refractivity contribution >= 4 is 0 Å². The third-order valence-corrected chi connectivity index (χ3v) is 3.95. The average Bonchev–Trinajstić information content (AvgIpc) is 2.59. The number of nitrogens with one attached hydrogen (secondary N) is 1. The van der Waals surface area contributed by atoms with Gasteiger partial charge in [0.15, 0.2) is 0 Å². The lowest BCUT2D eigenvalue weighted by atomic mass is 10.2. The molecule has 3 nitrogen and oxygen atoms in total. The maximum Gasteiger partial charge on any atom is 0.0716 e. The number of ether oxygens (including phenoxy) is 1. The van der Waals surface area contributed by atoms with Crippen molar-refractivity contribution in [2.24, 2.45) is 0 Å². The molecule has 1 unspecified atom stereocenters. The number of hydrogen-bond acceptors (Lipinski definition) is 3. The van der Waals surface area contributed by atoms with Crippen LogP contribution in [0.5, 0.6) is 0 Å². The van der Waals surface area contributed by atoms with Crippen LogP contribution in [0.3, 0.4) is 0 Å². The lowest BCUT2D eigenvalue weighted by molar-refractivity contribution is 0.117. The van der Waals surface area contributed by atoms with Gasteiger partial charge in [0, 0.05) is 25.7 Å². The van der Waals surface area contributed by atoms with Crippen LogP contribution in [-0.4, -0.2) is 37.7 Å². The van der Waals surface area contributed by atoms with Gasteiger partial charge in [-0.15, -0.1) is 0 Å². The third kappa shape index (κ3) is 7.73. The summed E-state index contributed by atoms with van der Waals surface area (Å²) in [6, 6.07) is 21.4. The Hall–Kier alpha value is -1.68. The first-order chi connectivity index (χ1) is 11.7. The minimum absolute atomic E-state index is 0.479. The molecular formula is C21H30N2O. The molecule has 0 aliphatic heterocycles. The molecule has 0 aromatic heterocycles. The Balaban J connectivity index is 1.51. The number of hydrogen-bond donors (Lipinski definition) is 1. The molecule has 0 fully saturated rings. The first-order valence-corrected chi connectivity index (χ1v) is 8.81. The molecule has 0 aliphatic rings. The van der Waals surface area contributed by atoms with Gasteiger partial charge in [0.1, 0.15) is 0 Å². The van der Waals surface area contributed by atoms with E-state index in [4.69, 9.17) is 4.74 Å². The minimum Gasteiger partial charge on any atom is -0.377 e. The molecule has 130 valence electrons. The van der Waals surface area contributed by atoms with Crippen molar-refractivity contribution in [2.75, 3.05) is 26.7 Å². The van der Waals surface area contributed by atoms with Crippen LogP contribution in [0.25, 0.3) is 0 Å². The second kappa shape index (κ2) is 11.0. The molecule has 0 amide bonds. The van der Waals surface area contributed by atoms with Gasteiger partial charge in [-0.2, -0.15) is 0 Å². The van der Waals surface area contributed by atoms with Gasteiger partial charge in [0.2, 0.25) is 0 Å². The van der Waals surface area contributed by atoms with E-state index in [0.717, 1.165) is 32.7 Å². The van der Waals surface area contributed by atoms with Crippen LogP contribution in [0, 0.1) is 0 Å². The van der Waals surface area contributed by atoms with E-state index < -0.39 is 0 Å². The maximum absolute atomic E-state index is 5.71. The van der Waals surface area contributed by atoms with E-state index in [0.29, 0.717) is 12.6 Å². The molecule has 0 radical (unpaired) electrons. The molecule has 1 N–H and O–H groups in total. The van der Waals surface area contributed by atoms with Crippen molar-refractivity contribution in [3.8, 4) is 0 Å². The van der Waals surface area contributed by atoms with Gasteiger partial charge in [0.25, 0.3) is 0 Å². The molecule has 3 heteroatoms. The zero-order valence-electron chi connectivity index (χ0n) is 14.9. The Morgan fingerprint density at radius 2 is 1.58 bits per heavy atom. The summed E-state index contributed by atoms with van der Waals surface area (Å²) in [5.41, 5.74) is 2.60. The zero-order chi connectivity index (χ0) is 17.0. The molecule has 0 spiro atoms. The molecular weight excluding hydrogens is 296 g/mol. The van der Waals surface area contributed by atoms with Crippen LogP contribution in [-0.2, 0) is 17.9 Å². The number of likely N-dealkylation sites (N-methyl/N-ethyl adjacent to an activating group) is 1. The number of rotatable bonds is 11. The fraction of sp³-hybridized carbons (Fsp3) is 0.429. The SMILES string of the molecule is CC(CN(C)Cc1ccccc1)NCCCOCc1ccccc1. The van der Waals surface area contributed by atoms with Gasteiger partial charge < -0.3 is 15.0 Å². The fourth-order valence-electron chi connectivity index (χ4n) is 2.78. The molecule has 0 bridgehead atoms. The van der Waals surface area contributed by atoms with Crippen LogP contribution in [0.4, 0.5) is 0 Å². The number of nitrogens with zero attached hydrogens (tertiary/aromatic N) is 1. The molecule has 2 rings (SSSR count). The summed E-state index contributed by atoms with van der Waals surface area (Å²) < 4.78 is 5.71. The summed E-state index contributed by atoms with van der Waals surface area (Å²) in [6.45, 7) is 6.78. The Bertz CT molecular complexity index is 544. The standard InChI is InChI=1S/C21H30N2O/c1-19(16-23(2)17-20-10-5-3-6-11-20)22-14-9-15-24-18-21-12-7-4-8-13-21/h3-8,10-13,19,22H,9,14-18H2,1-2H3. The van der Waals surface area contributed by atoms with Crippen LogP contribution >= 0.6 is 0 Å². The highest BCUT2D eigenvalue weighted by Gasteiger charge is 2.06. The lowest BCUT2D eigenvalue weighted by Gasteiger charge is -2.22. The molecule has 2 aromatic carbocycles. The van der Waals surface area contributed by atoms with Crippen molar-refractivity contribution in [1.29, 1.82) is 0 Å². The summed E-state index contributed by atoms with van der Waals surface area (Å²) >= 11 is 0. The Morgan fingerprint density at radius 3 is 2.25 bits per heavy atom. The van der Waals surface area contributed by atoms with E-state index in [1.807, 2.05) is 18.2 Å². The minimum atomic E-state index is 0.479. The van der Waals surface area contributed by atoms with Gasteiger partial charge in [-0.05, 0) is 38.1 Å². The first-order valence-electron chi connectivity index (χ1n) is 8.81. The summed E-state index contributed by atoms with van der Waals surface area (Å²) in [5.74, 6) is 0. The van der Waals surface area contributed by atoms with Crippen molar-refractivity contribution < 1.29 is 4.74 Å². The quantitative estimate of drug-likeness (QED) is 0.637. The van der Waals surface area contributed by atoms with Crippen LogP contribution in [0.2, 0.25) is 0 Å². The normalized spacial score (nSPS) is 12.5. The smallest absolute Gasteiger partial charge is 0.0716 e. The maximum atomic E-state index is 5.71. The van der Waals surface area contributed by atoms with Crippen LogP contribution < -0.4 is 5.32 Å². The average molecular weight is 326 g/mol. The zero-order valence-corrected chi connectivity index (χ0v) is 14.9. The summed E-state index contributed by atoms with van der Waals surface area (Å²) in [7, 11) is 2.17. The second-order valence-corrected chi connectivity index (χ2v) is 6.43. The van der Waals surface area contributed by atoms with Gasteiger partial charge in [-0.25, -0.2) is 0 Å². The van der Waals surface area contributed by atoms with E-state index in [9.17, 15) is 0 Å². The summed E-state index contributed by atoms with van der Waals surface area (Å²) in [4.78, 5) is 2.36. The monoisotopic (exact) mass is 326 g/mol. The lowest BCUT2D eigenvalue weighted by Crippen LogP contribution is -2.37. The molecule has 0 saturated carbocycles. The van der Waals surface area contributed by atoms with E-state index in [1.165, 1.54) is 11.1 Å². The van der Waals surface area contributed by atoms with Crippen molar-refractivity contribution in [2.45, 2.75) is 32.5 Å². The molecule has 24 heavy (non-hydrogen) atoms. The van der Waals surface area contributed by atoms with Crippen LogP contribution in [0.15, 0.2) is 60.7 Å². The van der Waals surface area contributed by atoms with E-state index >= 15 is 0 Å². The van der Waals surface area contributed by atoms with Gasteiger partial charge in [-0.1, -0.05) is 60.7 Å². The van der Waals surface area contributed by atoms with E-state index in [1.54, 1.807) is 0 Å². The van der Waals surface area contributed by atoms with E-state index in [2.05, 4.69) is 66.7 Å². The first kappa shape index (κ1) is 18.7. The molecule has 2 aromatic rings. The van der Waals surface area contributed by atoms with Crippen molar-refractivity contribution in [3.05, 3.63) is 71.8 Å². The van der Waals surface area contributed by atoms with Gasteiger partial charge in [-0.3, -0.25) is 0 Å². The van der Waals surface area contributed by atoms with E-state index in [-0.39, 0.29) is 0 Å². The van der Waals surface area contributed by atoms with Crippen molar-refractivity contribution in [1.82, 2.24) is 10.2 Å². The predicted molar refractivity (Wildman–Crippen MR) is 101 cm³/mol. The second-order valence-electron chi connectivity index (χ2n) is 6.43. The third-order valence-electron chi connectivity index (χ3n) is 3.95. The topological polar surface area (TPSA) is 24.5 Å². The Kier molecular flexibility index (Phi) is 8.53. The Labute approximate surface area is 146 Å². The summed E-state index contributed by atoms with van der Waals surface area (Å²) in [6.07, 6.45) is 1.04. The molecule has 0 heterocycles. The van der Waals surface area contributed by atoms with Gasteiger partial charge >= 0.3 is 0 Å². The molecule has 1 atom stereocenters. The van der Waals surface area contributed by atoms with Crippen LogP contribution in [0.1, 0.15) is 24.5 Å². The number of benzene rings is 2. The fourth-order valence-corrected chi connectivity index (χ4v) is 2.78. The highest BCUT2D eigenvalue weighted by atomic mass is 16.5. The molecule has 0 saturated heterocycles. The largest absolute Gasteiger partial charge is 0.377 e. The van der Waals surface area contributed by atoms with Crippen molar-refractivity contribution in [3.63, 3.8) is 0 Å². The predicted octanol–water partition coefficient (Wildman–Crippen LogP) is 3.70. The van der Waals surface area contributed by atoms with Gasteiger partial charge in [0.05, 0.1) is 6.61 Å². The highest BCUT2D eigenvalue weighted by molar-refractivity contribution is 5.14. The molecule has 0 aliphatic carbocycles.